The second-order valence-electron chi connectivity index (χ2n) is 3.86. The van der Waals surface area contributed by atoms with Crippen LogP contribution in [0.5, 0.6) is 0 Å². The maximum absolute atomic E-state index is 13.3. The molecule has 5 nitrogen and oxygen atoms in total. The van der Waals surface area contributed by atoms with E-state index < -0.39 is 17.8 Å². The number of amides is 1. The van der Waals surface area contributed by atoms with Gasteiger partial charge < -0.3 is 16.0 Å². The largest absolute Gasteiger partial charge is 0.348 e. The molecule has 6 heteroatoms. The fourth-order valence-corrected chi connectivity index (χ4v) is 1.51. The lowest BCUT2D eigenvalue weighted by Crippen LogP contribution is -2.37. The number of nitrogens with two attached hydrogens (primary N) is 1. The number of carbonyl (C=O) groups is 1. The molecule has 0 saturated carbocycles. The Morgan fingerprint density at radius 2 is 2.28 bits per heavy atom. The molecule has 1 atom stereocenters. The molecule has 0 radical (unpaired) electrons. The summed E-state index contributed by atoms with van der Waals surface area (Å²) in [6.45, 7) is 0. The van der Waals surface area contributed by atoms with Crippen molar-refractivity contribution in [1.82, 2.24) is 9.97 Å². The van der Waals surface area contributed by atoms with Crippen LogP contribution in [0, 0.1) is 5.82 Å². The van der Waals surface area contributed by atoms with Crippen LogP contribution in [0.4, 0.5) is 10.1 Å². The molecule has 0 unspecified atom stereocenters. The van der Waals surface area contributed by atoms with Gasteiger partial charge in [0, 0.05) is 18.3 Å². The molecular formula is C12H13FN4O. The number of nitrogens with one attached hydrogen (secondary N) is 2. The molecule has 1 heterocycles. The predicted molar refractivity (Wildman–Crippen MR) is 65.3 cm³/mol. The van der Waals surface area contributed by atoms with Crippen LogP contribution >= 0.6 is 0 Å². The molecular weight excluding hydrogens is 235 g/mol. The van der Waals surface area contributed by atoms with Gasteiger partial charge in [0.2, 0.25) is 5.91 Å². The van der Waals surface area contributed by atoms with Crippen molar-refractivity contribution in [3.8, 4) is 0 Å². The van der Waals surface area contributed by atoms with Crippen LogP contribution in [0.25, 0.3) is 0 Å². The Labute approximate surface area is 103 Å². The molecule has 0 bridgehead atoms. The van der Waals surface area contributed by atoms with Crippen molar-refractivity contribution in [1.29, 1.82) is 0 Å². The quantitative estimate of drug-likeness (QED) is 0.756. The van der Waals surface area contributed by atoms with Crippen LogP contribution < -0.4 is 11.1 Å². The zero-order valence-electron chi connectivity index (χ0n) is 9.56. The lowest BCUT2D eigenvalue weighted by atomic mass is 10.1. The Hall–Kier alpha value is -2.21. The van der Waals surface area contributed by atoms with Crippen LogP contribution in [-0.2, 0) is 11.2 Å². The normalized spacial score (nSPS) is 12.1. The summed E-state index contributed by atoms with van der Waals surface area (Å²) < 4.78 is 13.3. The average molecular weight is 248 g/mol. The Kier molecular flexibility index (Phi) is 3.69. The molecule has 4 N–H and O–H groups in total. The molecule has 18 heavy (non-hydrogen) atoms. The lowest BCUT2D eigenvalue weighted by molar-refractivity contribution is -0.117. The van der Waals surface area contributed by atoms with Crippen molar-refractivity contribution >= 4 is 11.6 Å². The smallest absolute Gasteiger partial charge is 0.241 e. The Balaban J connectivity index is 1.98. The van der Waals surface area contributed by atoms with Gasteiger partial charge in [0.15, 0.2) is 0 Å². The minimum atomic E-state index is -0.759. The highest BCUT2D eigenvalue weighted by Gasteiger charge is 2.16. The number of imidazole rings is 1. The molecule has 0 spiro atoms. The number of aromatic amines is 1. The summed E-state index contributed by atoms with van der Waals surface area (Å²) in [7, 11) is 0. The standard InChI is InChI=1S/C12H13FN4O/c13-9-3-1-2-4-11(9)17-12(18)10(14)5-8-6-15-7-16-8/h1-4,6-7,10H,5,14H2,(H,15,16)(H,17,18)/t10-/m0/s1. The molecule has 0 aliphatic rings. The third-order valence-electron chi connectivity index (χ3n) is 2.46. The van der Waals surface area contributed by atoms with Gasteiger partial charge in [-0.3, -0.25) is 4.79 Å². The van der Waals surface area contributed by atoms with Crippen LogP contribution in [0.1, 0.15) is 5.69 Å². The van der Waals surface area contributed by atoms with Crippen molar-refractivity contribution < 1.29 is 9.18 Å². The van der Waals surface area contributed by atoms with Gasteiger partial charge in [-0.05, 0) is 12.1 Å². The molecule has 1 aromatic heterocycles. The van der Waals surface area contributed by atoms with E-state index in [1.807, 2.05) is 0 Å². The molecule has 1 aromatic carbocycles. The number of halogens is 1. The number of hydrogen-bond donors (Lipinski definition) is 3. The first-order valence-corrected chi connectivity index (χ1v) is 5.45. The monoisotopic (exact) mass is 248 g/mol. The van der Waals surface area contributed by atoms with E-state index >= 15 is 0 Å². The van der Waals surface area contributed by atoms with E-state index in [1.54, 1.807) is 18.3 Å². The predicted octanol–water partition coefficient (Wildman–Crippen LogP) is 1.06. The summed E-state index contributed by atoms with van der Waals surface area (Å²) in [6.07, 6.45) is 3.42. The van der Waals surface area contributed by atoms with Gasteiger partial charge in [-0.15, -0.1) is 0 Å². The molecule has 0 aliphatic carbocycles. The van der Waals surface area contributed by atoms with Crippen LogP contribution in [0.15, 0.2) is 36.8 Å². The lowest BCUT2D eigenvalue weighted by Gasteiger charge is -2.11. The molecule has 2 rings (SSSR count). The topological polar surface area (TPSA) is 83.8 Å². The molecule has 0 saturated heterocycles. The average Bonchev–Trinajstić information content (AvgIpc) is 2.84. The second kappa shape index (κ2) is 5.42. The summed E-state index contributed by atoms with van der Waals surface area (Å²) in [5, 5.41) is 2.45. The number of para-hydroxylation sites is 1. The van der Waals surface area contributed by atoms with Crippen LogP contribution in [-0.4, -0.2) is 21.9 Å². The van der Waals surface area contributed by atoms with Crippen molar-refractivity contribution in [3.05, 3.63) is 48.3 Å². The summed E-state index contributed by atoms with van der Waals surface area (Å²) in [6, 6.07) is 5.19. The zero-order chi connectivity index (χ0) is 13.0. The highest BCUT2D eigenvalue weighted by atomic mass is 19.1. The minimum absolute atomic E-state index is 0.127. The third-order valence-corrected chi connectivity index (χ3v) is 2.46. The summed E-state index contributed by atoms with van der Waals surface area (Å²) >= 11 is 0. The fraction of sp³-hybridized carbons (Fsp3) is 0.167. The van der Waals surface area contributed by atoms with Crippen LogP contribution in [0.3, 0.4) is 0 Å². The van der Waals surface area contributed by atoms with Crippen molar-refractivity contribution in [3.63, 3.8) is 0 Å². The van der Waals surface area contributed by atoms with Gasteiger partial charge in [-0.1, -0.05) is 12.1 Å². The van der Waals surface area contributed by atoms with E-state index in [9.17, 15) is 9.18 Å². The van der Waals surface area contributed by atoms with Gasteiger partial charge in [-0.2, -0.15) is 0 Å². The van der Waals surface area contributed by atoms with Crippen LogP contribution in [0.2, 0.25) is 0 Å². The van der Waals surface area contributed by atoms with E-state index in [1.165, 1.54) is 18.5 Å². The Bertz CT molecular complexity index is 527. The molecule has 1 amide bonds. The molecule has 0 fully saturated rings. The van der Waals surface area contributed by atoms with E-state index in [0.29, 0.717) is 6.42 Å². The van der Waals surface area contributed by atoms with E-state index in [2.05, 4.69) is 15.3 Å². The first kappa shape index (κ1) is 12.3. The Morgan fingerprint density at radius 3 is 2.94 bits per heavy atom. The molecule has 94 valence electrons. The van der Waals surface area contributed by atoms with Gasteiger partial charge >= 0.3 is 0 Å². The molecule has 2 aromatic rings. The van der Waals surface area contributed by atoms with Crippen molar-refractivity contribution in [2.45, 2.75) is 12.5 Å². The third kappa shape index (κ3) is 2.92. The van der Waals surface area contributed by atoms with E-state index in [-0.39, 0.29) is 5.69 Å². The molecule has 0 aliphatic heterocycles. The van der Waals surface area contributed by atoms with E-state index in [4.69, 9.17) is 5.73 Å². The van der Waals surface area contributed by atoms with E-state index in [0.717, 1.165) is 5.69 Å². The highest BCUT2D eigenvalue weighted by Crippen LogP contribution is 2.12. The number of aromatic nitrogens is 2. The fourth-order valence-electron chi connectivity index (χ4n) is 1.51. The SMILES string of the molecule is N[C@@H](Cc1cnc[nH]1)C(=O)Nc1ccccc1F. The number of nitrogens with zero attached hydrogens (tertiary/aromatic N) is 1. The van der Waals surface area contributed by atoms with Gasteiger partial charge in [0.1, 0.15) is 5.82 Å². The summed E-state index contributed by atoms with van der Waals surface area (Å²) in [4.78, 5) is 18.4. The Morgan fingerprint density at radius 1 is 1.50 bits per heavy atom. The van der Waals surface area contributed by atoms with Crippen molar-refractivity contribution in [2.75, 3.05) is 5.32 Å². The first-order valence-electron chi connectivity index (χ1n) is 5.45. The maximum atomic E-state index is 13.3. The summed E-state index contributed by atoms with van der Waals surface area (Å²) in [5.41, 5.74) is 6.61. The first-order chi connectivity index (χ1) is 8.66. The number of H-pyrrole nitrogens is 1. The van der Waals surface area contributed by atoms with Gasteiger partial charge in [-0.25, -0.2) is 9.37 Å². The zero-order valence-corrected chi connectivity index (χ0v) is 9.56. The maximum Gasteiger partial charge on any atom is 0.241 e. The minimum Gasteiger partial charge on any atom is -0.348 e. The highest BCUT2D eigenvalue weighted by molar-refractivity contribution is 5.94. The number of carbonyl (C=O) groups excluding carboxylic acids is 1. The summed E-state index contributed by atoms with van der Waals surface area (Å²) in [5.74, 6) is -0.922. The van der Waals surface area contributed by atoms with Crippen molar-refractivity contribution in [2.24, 2.45) is 5.73 Å². The van der Waals surface area contributed by atoms with Gasteiger partial charge in [0.05, 0.1) is 18.1 Å². The number of benzene rings is 1. The second-order valence-corrected chi connectivity index (χ2v) is 3.86. The number of rotatable bonds is 4. The number of hydrogen-bond acceptors (Lipinski definition) is 3. The number of anilines is 1. The van der Waals surface area contributed by atoms with Gasteiger partial charge in [0.25, 0.3) is 0 Å².